The first-order valence-corrected chi connectivity index (χ1v) is 6.40. The molecule has 5 heteroatoms. The number of hydrogen-bond acceptors (Lipinski definition) is 3. The molecular weight excluding hydrogens is 256 g/mol. The van der Waals surface area contributed by atoms with Gasteiger partial charge in [0, 0.05) is 0 Å². The first-order chi connectivity index (χ1) is 9.66. The SMILES string of the molecule is Cc1cccc(OCNC(=O)NCc2ccco2)c1C. The molecule has 0 spiro atoms. The zero-order chi connectivity index (χ0) is 14.4. The maximum absolute atomic E-state index is 11.5. The van der Waals surface area contributed by atoms with Crippen molar-refractivity contribution in [3.8, 4) is 5.75 Å². The van der Waals surface area contributed by atoms with Gasteiger partial charge in [-0.15, -0.1) is 0 Å². The number of carbonyl (C=O) groups excluding carboxylic acids is 1. The smallest absolute Gasteiger partial charge is 0.317 e. The summed E-state index contributed by atoms with van der Waals surface area (Å²) < 4.78 is 10.6. The highest BCUT2D eigenvalue weighted by Crippen LogP contribution is 2.19. The van der Waals surface area contributed by atoms with Crippen molar-refractivity contribution in [2.45, 2.75) is 20.4 Å². The van der Waals surface area contributed by atoms with E-state index in [2.05, 4.69) is 10.6 Å². The number of ether oxygens (including phenoxy) is 1. The van der Waals surface area contributed by atoms with Gasteiger partial charge in [-0.1, -0.05) is 12.1 Å². The summed E-state index contributed by atoms with van der Waals surface area (Å²) in [5, 5.41) is 5.30. The Morgan fingerprint density at radius 2 is 2.05 bits per heavy atom. The topological polar surface area (TPSA) is 63.5 Å². The van der Waals surface area contributed by atoms with Crippen molar-refractivity contribution in [2.75, 3.05) is 6.73 Å². The Morgan fingerprint density at radius 1 is 1.20 bits per heavy atom. The average molecular weight is 274 g/mol. The van der Waals surface area contributed by atoms with Crippen molar-refractivity contribution in [3.05, 3.63) is 53.5 Å². The van der Waals surface area contributed by atoms with E-state index >= 15 is 0 Å². The lowest BCUT2D eigenvalue weighted by atomic mass is 10.1. The summed E-state index contributed by atoms with van der Waals surface area (Å²) in [5.74, 6) is 1.48. The van der Waals surface area contributed by atoms with Gasteiger partial charge in [-0.3, -0.25) is 0 Å². The van der Waals surface area contributed by atoms with Gasteiger partial charge in [0.05, 0.1) is 12.8 Å². The Kier molecular flexibility index (Phi) is 4.65. The molecule has 0 atom stereocenters. The molecule has 2 amide bonds. The first kappa shape index (κ1) is 14.0. The second kappa shape index (κ2) is 6.65. The molecule has 0 bridgehead atoms. The van der Waals surface area contributed by atoms with Gasteiger partial charge in [0.25, 0.3) is 0 Å². The van der Waals surface area contributed by atoms with E-state index in [9.17, 15) is 4.79 Å². The van der Waals surface area contributed by atoms with Crippen LogP contribution in [0.2, 0.25) is 0 Å². The van der Waals surface area contributed by atoms with Crippen LogP contribution in [0, 0.1) is 13.8 Å². The van der Waals surface area contributed by atoms with Gasteiger partial charge in [0.1, 0.15) is 11.5 Å². The van der Waals surface area contributed by atoms with E-state index in [4.69, 9.17) is 9.15 Å². The summed E-state index contributed by atoms with van der Waals surface area (Å²) in [6.07, 6.45) is 1.57. The third kappa shape index (κ3) is 3.78. The number of amides is 2. The van der Waals surface area contributed by atoms with Crippen molar-refractivity contribution >= 4 is 6.03 Å². The van der Waals surface area contributed by atoms with Gasteiger partial charge in [0.2, 0.25) is 0 Å². The summed E-state index contributed by atoms with van der Waals surface area (Å²) in [5.41, 5.74) is 2.23. The molecule has 0 aliphatic carbocycles. The van der Waals surface area contributed by atoms with E-state index in [1.165, 1.54) is 0 Å². The minimum atomic E-state index is -0.299. The van der Waals surface area contributed by atoms with Crippen molar-refractivity contribution in [3.63, 3.8) is 0 Å². The van der Waals surface area contributed by atoms with Crippen LogP contribution >= 0.6 is 0 Å². The summed E-state index contributed by atoms with van der Waals surface area (Å²) >= 11 is 0. The van der Waals surface area contributed by atoms with Crippen LogP contribution < -0.4 is 15.4 Å². The Morgan fingerprint density at radius 3 is 2.80 bits per heavy atom. The maximum Gasteiger partial charge on any atom is 0.317 e. The fourth-order valence-electron chi connectivity index (χ4n) is 1.70. The van der Waals surface area contributed by atoms with Crippen molar-refractivity contribution < 1.29 is 13.9 Å². The predicted molar refractivity (Wildman–Crippen MR) is 75.5 cm³/mol. The predicted octanol–water partition coefficient (Wildman–Crippen LogP) is 2.73. The normalized spacial score (nSPS) is 10.1. The van der Waals surface area contributed by atoms with Gasteiger partial charge in [0.15, 0.2) is 6.73 Å². The molecule has 2 N–H and O–H groups in total. The lowest BCUT2D eigenvalue weighted by molar-refractivity contribution is 0.222. The van der Waals surface area contributed by atoms with Crippen LogP contribution in [0.25, 0.3) is 0 Å². The van der Waals surface area contributed by atoms with Crippen molar-refractivity contribution in [2.24, 2.45) is 0 Å². The van der Waals surface area contributed by atoms with E-state index in [1.807, 2.05) is 32.0 Å². The average Bonchev–Trinajstić information content (AvgIpc) is 2.94. The highest BCUT2D eigenvalue weighted by atomic mass is 16.5. The molecule has 0 aliphatic heterocycles. The highest BCUT2D eigenvalue weighted by molar-refractivity contribution is 5.73. The molecule has 106 valence electrons. The number of nitrogens with one attached hydrogen (secondary N) is 2. The van der Waals surface area contributed by atoms with Gasteiger partial charge < -0.3 is 19.8 Å². The second-order valence-corrected chi connectivity index (χ2v) is 4.43. The molecule has 0 fully saturated rings. The van der Waals surface area contributed by atoms with Gasteiger partial charge in [-0.25, -0.2) is 4.79 Å². The molecule has 1 aromatic heterocycles. The molecule has 0 unspecified atom stereocenters. The highest BCUT2D eigenvalue weighted by Gasteiger charge is 2.04. The van der Waals surface area contributed by atoms with Crippen LogP contribution in [-0.4, -0.2) is 12.8 Å². The third-order valence-electron chi connectivity index (χ3n) is 3.02. The Bertz CT molecular complexity index is 565. The minimum absolute atomic E-state index is 0.119. The van der Waals surface area contributed by atoms with Gasteiger partial charge in [-0.2, -0.15) is 0 Å². The van der Waals surface area contributed by atoms with Crippen LogP contribution in [-0.2, 0) is 6.54 Å². The lowest BCUT2D eigenvalue weighted by Crippen LogP contribution is -2.37. The quantitative estimate of drug-likeness (QED) is 0.824. The molecule has 2 rings (SSSR count). The molecule has 0 radical (unpaired) electrons. The largest absolute Gasteiger partial charge is 0.473 e. The van der Waals surface area contributed by atoms with Gasteiger partial charge in [-0.05, 0) is 43.2 Å². The summed E-state index contributed by atoms with van der Waals surface area (Å²) in [7, 11) is 0. The molecule has 0 saturated carbocycles. The molecule has 5 nitrogen and oxygen atoms in total. The number of aryl methyl sites for hydroxylation is 1. The second-order valence-electron chi connectivity index (χ2n) is 4.43. The standard InChI is InChI=1S/C15H18N2O3/c1-11-5-3-7-14(12(11)2)20-10-17-15(18)16-9-13-6-4-8-19-13/h3-8H,9-10H2,1-2H3,(H2,16,17,18). The molecule has 0 aliphatic rings. The Balaban J connectivity index is 1.72. The fraction of sp³-hybridized carbons (Fsp3) is 0.267. The molecule has 20 heavy (non-hydrogen) atoms. The number of rotatable bonds is 5. The third-order valence-corrected chi connectivity index (χ3v) is 3.02. The summed E-state index contributed by atoms with van der Waals surface area (Å²) in [6.45, 7) is 4.48. The Labute approximate surface area is 117 Å². The maximum atomic E-state index is 11.5. The van der Waals surface area contributed by atoms with E-state index in [0.29, 0.717) is 12.3 Å². The monoisotopic (exact) mass is 274 g/mol. The van der Waals surface area contributed by atoms with E-state index in [0.717, 1.165) is 16.9 Å². The molecule has 1 heterocycles. The number of hydrogen-bond donors (Lipinski definition) is 2. The first-order valence-electron chi connectivity index (χ1n) is 6.40. The van der Waals surface area contributed by atoms with Crippen LogP contribution in [0.1, 0.15) is 16.9 Å². The minimum Gasteiger partial charge on any atom is -0.473 e. The van der Waals surface area contributed by atoms with E-state index in [-0.39, 0.29) is 12.8 Å². The summed E-state index contributed by atoms with van der Waals surface area (Å²) in [6, 6.07) is 9.10. The number of carbonyl (C=O) groups is 1. The van der Waals surface area contributed by atoms with E-state index < -0.39 is 0 Å². The van der Waals surface area contributed by atoms with Crippen molar-refractivity contribution in [1.82, 2.24) is 10.6 Å². The number of benzene rings is 1. The molecule has 0 saturated heterocycles. The molecule has 1 aromatic carbocycles. The fourth-order valence-corrected chi connectivity index (χ4v) is 1.70. The van der Waals surface area contributed by atoms with Gasteiger partial charge >= 0.3 is 6.03 Å². The molecule has 2 aromatic rings. The number of urea groups is 1. The number of furan rings is 1. The van der Waals surface area contributed by atoms with Crippen LogP contribution in [0.4, 0.5) is 4.79 Å². The van der Waals surface area contributed by atoms with E-state index in [1.54, 1.807) is 18.4 Å². The Hall–Kier alpha value is -2.43. The zero-order valence-corrected chi connectivity index (χ0v) is 11.6. The molecular formula is C15H18N2O3. The van der Waals surface area contributed by atoms with Crippen LogP contribution in [0.3, 0.4) is 0 Å². The summed E-state index contributed by atoms with van der Waals surface area (Å²) in [4.78, 5) is 11.5. The van der Waals surface area contributed by atoms with Crippen molar-refractivity contribution in [1.29, 1.82) is 0 Å². The van der Waals surface area contributed by atoms with Crippen LogP contribution in [0.15, 0.2) is 41.0 Å². The lowest BCUT2D eigenvalue weighted by Gasteiger charge is -2.11. The zero-order valence-electron chi connectivity index (χ0n) is 11.6. The van der Waals surface area contributed by atoms with Crippen LogP contribution in [0.5, 0.6) is 5.75 Å².